The molecule has 0 aliphatic heterocycles. The molecule has 0 saturated carbocycles. The fourth-order valence-electron chi connectivity index (χ4n) is 0.661. The first kappa shape index (κ1) is 6.89. The molecule has 10 heavy (non-hydrogen) atoms. The molecule has 2 N–H and O–H groups in total. The monoisotopic (exact) mass is 140 g/mol. The number of allylic oxidation sites excluding steroid dienone is 5. The van der Waals surface area contributed by atoms with Crippen LogP contribution in [-0.4, -0.2) is 17.0 Å². The van der Waals surface area contributed by atoms with Gasteiger partial charge in [-0.1, -0.05) is 12.2 Å². The number of rotatable bonds is 2. The van der Waals surface area contributed by atoms with E-state index in [2.05, 4.69) is 4.74 Å². The lowest BCUT2D eigenvalue weighted by atomic mass is 10.3. The van der Waals surface area contributed by atoms with Crippen LogP contribution in [0.2, 0.25) is 0 Å². The molecule has 0 saturated heterocycles. The maximum atomic E-state index is 8.94. The van der Waals surface area contributed by atoms with E-state index < -0.39 is 6.79 Å². The first-order chi connectivity index (χ1) is 4.84. The molecule has 0 heterocycles. The van der Waals surface area contributed by atoms with Crippen molar-refractivity contribution in [3.63, 3.8) is 0 Å². The Morgan fingerprint density at radius 1 is 1.40 bits per heavy atom. The van der Waals surface area contributed by atoms with Gasteiger partial charge in [-0.3, -0.25) is 0 Å². The summed E-state index contributed by atoms with van der Waals surface area (Å²) in [6.45, 7) is -0.503. The topological polar surface area (TPSA) is 49.7 Å². The Morgan fingerprint density at radius 2 is 2.00 bits per heavy atom. The number of aliphatic hydroxyl groups is 2. The van der Waals surface area contributed by atoms with Gasteiger partial charge in [0.1, 0.15) is 0 Å². The molecule has 1 rings (SSSR count). The van der Waals surface area contributed by atoms with Crippen molar-refractivity contribution in [1.29, 1.82) is 0 Å². The van der Waals surface area contributed by atoms with Crippen LogP contribution in [0.4, 0.5) is 0 Å². The average Bonchev–Trinajstić information content (AvgIpc) is 2.38. The van der Waals surface area contributed by atoms with Gasteiger partial charge >= 0.3 is 0 Å². The van der Waals surface area contributed by atoms with Crippen molar-refractivity contribution < 1.29 is 14.9 Å². The van der Waals surface area contributed by atoms with E-state index in [9.17, 15) is 0 Å². The van der Waals surface area contributed by atoms with Crippen LogP contribution in [-0.2, 0) is 4.74 Å². The van der Waals surface area contributed by atoms with Gasteiger partial charge in [-0.2, -0.15) is 0 Å². The Hall–Kier alpha value is -1.22. The summed E-state index contributed by atoms with van der Waals surface area (Å²) >= 11 is 0. The zero-order chi connectivity index (χ0) is 7.40. The summed E-state index contributed by atoms with van der Waals surface area (Å²) in [4.78, 5) is 0. The van der Waals surface area contributed by atoms with Crippen LogP contribution in [0.15, 0.2) is 35.8 Å². The molecule has 0 radical (unpaired) electrons. The van der Waals surface area contributed by atoms with Gasteiger partial charge in [-0.15, -0.1) is 0 Å². The van der Waals surface area contributed by atoms with E-state index in [1.165, 1.54) is 0 Å². The molecule has 3 nitrogen and oxygen atoms in total. The van der Waals surface area contributed by atoms with Crippen LogP contribution in [0.5, 0.6) is 0 Å². The standard InChI is InChI=1S/C7H8O3/c8-5-10-7(9)6-3-1-2-4-6/h1-4,8-9H,5H2. The lowest BCUT2D eigenvalue weighted by Crippen LogP contribution is -1.94. The molecule has 0 aromatic carbocycles. The van der Waals surface area contributed by atoms with Gasteiger partial charge in [0, 0.05) is 0 Å². The normalized spacial score (nSPS) is 14.3. The molecule has 1 aliphatic rings. The zero-order valence-electron chi connectivity index (χ0n) is 5.32. The van der Waals surface area contributed by atoms with Crippen LogP contribution >= 0.6 is 0 Å². The predicted octanol–water partition coefficient (Wildman–Crippen LogP) is 0.848. The van der Waals surface area contributed by atoms with E-state index in [0.29, 0.717) is 5.57 Å². The summed E-state index contributed by atoms with van der Waals surface area (Å²) in [5, 5.41) is 17.2. The molecule has 0 unspecified atom stereocenters. The van der Waals surface area contributed by atoms with Crippen molar-refractivity contribution in [2.24, 2.45) is 0 Å². The third kappa shape index (κ3) is 1.39. The lowest BCUT2D eigenvalue weighted by Gasteiger charge is -2.00. The Bertz CT molecular complexity index is 187. The average molecular weight is 140 g/mol. The van der Waals surface area contributed by atoms with Gasteiger partial charge in [-0.25, -0.2) is 0 Å². The second-order valence-corrected chi connectivity index (χ2v) is 1.75. The number of hydrogen-bond donors (Lipinski definition) is 2. The minimum Gasteiger partial charge on any atom is -0.480 e. The highest BCUT2D eigenvalue weighted by Gasteiger charge is 2.01. The van der Waals surface area contributed by atoms with Gasteiger partial charge in [0.25, 0.3) is 5.95 Å². The SMILES string of the molecule is OCOC(O)=C1C=CC=C1. The first-order valence-electron chi connectivity index (χ1n) is 2.86. The van der Waals surface area contributed by atoms with Gasteiger partial charge in [0.05, 0.1) is 5.57 Å². The minimum atomic E-state index is -0.503. The third-order valence-electron chi connectivity index (χ3n) is 1.11. The van der Waals surface area contributed by atoms with E-state index in [1.807, 2.05) is 0 Å². The molecule has 0 aromatic rings. The van der Waals surface area contributed by atoms with Crippen molar-refractivity contribution in [2.45, 2.75) is 0 Å². The quantitative estimate of drug-likeness (QED) is 0.441. The highest BCUT2D eigenvalue weighted by molar-refractivity contribution is 5.40. The molecule has 0 bridgehead atoms. The van der Waals surface area contributed by atoms with Crippen molar-refractivity contribution in [1.82, 2.24) is 0 Å². The smallest absolute Gasteiger partial charge is 0.286 e. The fraction of sp³-hybridized carbons (Fsp3) is 0.143. The Morgan fingerprint density at radius 3 is 2.50 bits per heavy atom. The molecular weight excluding hydrogens is 132 g/mol. The molecule has 0 aromatic heterocycles. The van der Waals surface area contributed by atoms with Gasteiger partial charge in [0.15, 0.2) is 6.79 Å². The molecule has 0 amide bonds. The molecule has 0 atom stereocenters. The van der Waals surface area contributed by atoms with E-state index in [4.69, 9.17) is 10.2 Å². The van der Waals surface area contributed by atoms with E-state index in [-0.39, 0.29) is 5.95 Å². The van der Waals surface area contributed by atoms with Gasteiger partial charge < -0.3 is 14.9 Å². The number of ether oxygens (including phenoxy) is 1. The Labute approximate surface area is 58.6 Å². The summed E-state index contributed by atoms with van der Waals surface area (Å²) in [5.41, 5.74) is 0.578. The van der Waals surface area contributed by atoms with Crippen LogP contribution in [0.3, 0.4) is 0 Å². The maximum absolute atomic E-state index is 8.94. The molecule has 54 valence electrons. The second-order valence-electron chi connectivity index (χ2n) is 1.75. The summed E-state index contributed by atoms with van der Waals surface area (Å²) in [7, 11) is 0. The molecular formula is C7H8O3. The lowest BCUT2D eigenvalue weighted by molar-refractivity contribution is -0.0124. The van der Waals surface area contributed by atoms with Gasteiger partial charge in [-0.05, 0) is 12.2 Å². The highest BCUT2D eigenvalue weighted by atomic mass is 16.7. The van der Waals surface area contributed by atoms with E-state index >= 15 is 0 Å². The Kier molecular flexibility index (Phi) is 2.12. The summed E-state index contributed by atoms with van der Waals surface area (Å²) < 4.78 is 4.41. The zero-order valence-corrected chi connectivity index (χ0v) is 5.32. The Balaban J connectivity index is 2.65. The first-order valence-corrected chi connectivity index (χ1v) is 2.86. The number of aliphatic hydroxyl groups excluding tert-OH is 2. The third-order valence-corrected chi connectivity index (χ3v) is 1.11. The maximum Gasteiger partial charge on any atom is 0.286 e. The van der Waals surface area contributed by atoms with Crippen LogP contribution in [0, 0.1) is 0 Å². The second kappa shape index (κ2) is 3.08. The summed E-state index contributed by atoms with van der Waals surface area (Å²) in [6, 6.07) is 0. The van der Waals surface area contributed by atoms with Crippen LogP contribution in [0.1, 0.15) is 0 Å². The molecule has 3 heteroatoms. The number of hydrogen-bond acceptors (Lipinski definition) is 3. The van der Waals surface area contributed by atoms with E-state index in [0.717, 1.165) is 0 Å². The van der Waals surface area contributed by atoms with Gasteiger partial charge in [0.2, 0.25) is 0 Å². The highest BCUT2D eigenvalue weighted by Crippen LogP contribution is 2.11. The summed E-state index contributed by atoms with van der Waals surface area (Å²) in [5.74, 6) is -0.243. The predicted molar refractivity (Wildman–Crippen MR) is 36.1 cm³/mol. The largest absolute Gasteiger partial charge is 0.480 e. The summed E-state index contributed by atoms with van der Waals surface area (Å²) in [6.07, 6.45) is 6.91. The van der Waals surface area contributed by atoms with Crippen LogP contribution in [0.25, 0.3) is 0 Å². The van der Waals surface area contributed by atoms with Crippen molar-refractivity contribution in [3.8, 4) is 0 Å². The molecule has 0 spiro atoms. The fourth-order valence-corrected chi connectivity index (χ4v) is 0.661. The molecule has 0 fully saturated rings. The van der Waals surface area contributed by atoms with Crippen LogP contribution < -0.4 is 0 Å². The minimum absolute atomic E-state index is 0.243. The van der Waals surface area contributed by atoms with Crippen molar-refractivity contribution >= 4 is 0 Å². The van der Waals surface area contributed by atoms with E-state index in [1.54, 1.807) is 24.3 Å². The van der Waals surface area contributed by atoms with Crippen molar-refractivity contribution in [3.05, 3.63) is 35.8 Å². The van der Waals surface area contributed by atoms with Crippen molar-refractivity contribution in [2.75, 3.05) is 6.79 Å². The molecule has 1 aliphatic carbocycles.